The molecule has 3 fully saturated rings. The molecule has 262 valence electrons. The number of β-amino-alcohol motifs (C(OH)–C–C–N with tert-alkyl or cyclic N) is 1. The molecule has 0 radical (unpaired) electrons. The van der Waals surface area contributed by atoms with Crippen LogP contribution in [0.3, 0.4) is 0 Å². The lowest BCUT2D eigenvalue weighted by Crippen LogP contribution is -2.47. The molecular formula is C37H45F2N5O5. The molecule has 4 aromatic rings. The first-order chi connectivity index (χ1) is 23.6. The van der Waals surface area contributed by atoms with E-state index in [4.69, 9.17) is 19.2 Å². The fourth-order valence-electron chi connectivity index (χ4n) is 8.48. The maximum atomic E-state index is 17.1. The maximum absolute atomic E-state index is 17.1. The van der Waals surface area contributed by atoms with E-state index in [1.807, 2.05) is 11.8 Å². The number of rotatable bonds is 10. The van der Waals surface area contributed by atoms with Crippen molar-refractivity contribution in [3.8, 4) is 23.0 Å². The summed E-state index contributed by atoms with van der Waals surface area (Å²) in [4.78, 5) is 18.4. The minimum atomic E-state index is -0.951. The average Bonchev–Trinajstić information content (AvgIpc) is 3.59. The fourth-order valence-corrected chi connectivity index (χ4v) is 8.48. The number of nitrogens with zero attached hydrogens (tertiary/aromatic N) is 5. The highest BCUT2D eigenvalue weighted by molar-refractivity contribution is 6.01. The molecule has 12 heteroatoms. The van der Waals surface area contributed by atoms with E-state index in [0.29, 0.717) is 77.3 Å². The van der Waals surface area contributed by atoms with Crippen LogP contribution in [0.25, 0.3) is 32.9 Å². The molecule has 0 saturated carbocycles. The summed E-state index contributed by atoms with van der Waals surface area (Å²) >= 11 is 0. The number of aliphatic hydroxyl groups excluding tert-OH is 1. The van der Waals surface area contributed by atoms with Crippen LogP contribution in [0.2, 0.25) is 0 Å². The monoisotopic (exact) mass is 677 g/mol. The van der Waals surface area contributed by atoms with E-state index >= 15 is 8.78 Å². The van der Waals surface area contributed by atoms with Crippen molar-refractivity contribution in [3.05, 3.63) is 47.7 Å². The lowest BCUT2D eigenvalue weighted by molar-refractivity contribution is 0.0446. The van der Waals surface area contributed by atoms with Crippen molar-refractivity contribution in [2.45, 2.75) is 76.5 Å². The second kappa shape index (κ2) is 13.2. The second-order valence-electron chi connectivity index (χ2n) is 14.4. The highest BCUT2D eigenvalue weighted by Gasteiger charge is 2.52. The Labute approximate surface area is 285 Å². The van der Waals surface area contributed by atoms with E-state index in [-0.39, 0.29) is 48.0 Å². The minimum absolute atomic E-state index is 0.00197. The lowest BCUT2D eigenvalue weighted by Gasteiger charge is -2.38. The third-order valence-corrected chi connectivity index (χ3v) is 10.6. The van der Waals surface area contributed by atoms with Gasteiger partial charge < -0.3 is 29.3 Å². The van der Waals surface area contributed by atoms with Crippen molar-refractivity contribution >= 4 is 27.5 Å². The molecule has 0 amide bonds. The zero-order valence-electron chi connectivity index (χ0n) is 28.6. The summed E-state index contributed by atoms with van der Waals surface area (Å²) in [6.07, 6.45) is 5.99. The Balaban J connectivity index is 1.37. The summed E-state index contributed by atoms with van der Waals surface area (Å²) in [5, 5.41) is 22.7. The van der Waals surface area contributed by atoms with Crippen LogP contribution in [-0.4, -0.2) is 94.0 Å². The smallest absolute Gasteiger partial charge is 0.319 e. The van der Waals surface area contributed by atoms with Crippen molar-refractivity contribution in [3.63, 3.8) is 0 Å². The van der Waals surface area contributed by atoms with Gasteiger partial charge in [0.2, 0.25) is 0 Å². The van der Waals surface area contributed by atoms with E-state index in [2.05, 4.69) is 21.8 Å². The van der Waals surface area contributed by atoms with Crippen LogP contribution in [0, 0.1) is 17.6 Å². The van der Waals surface area contributed by atoms with E-state index in [1.165, 1.54) is 13.2 Å². The number of ether oxygens (including phenoxy) is 3. The van der Waals surface area contributed by atoms with Crippen molar-refractivity contribution < 1.29 is 33.2 Å². The number of aromatic nitrogens is 3. The number of fused-ring (bicyclic) bond motifs is 3. The van der Waals surface area contributed by atoms with Crippen molar-refractivity contribution in [1.82, 2.24) is 19.9 Å². The number of aliphatic hydroxyl groups is 2. The van der Waals surface area contributed by atoms with Gasteiger partial charge in [0.25, 0.3) is 0 Å². The largest absolute Gasteiger partial charge is 0.468 e. The molecule has 2 aromatic heterocycles. The Morgan fingerprint density at radius 1 is 1.12 bits per heavy atom. The number of hydrogen-bond acceptors (Lipinski definition) is 10. The summed E-state index contributed by atoms with van der Waals surface area (Å²) in [5.74, 6) is 0.236. The first-order valence-electron chi connectivity index (χ1n) is 17.3. The number of pyridine rings is 1. The van der Waals surface area contributed by atoms with Crippen molar-refractivity contribution in [2.24, 2.45) is 5.92 Å². The van der Waals surface area contributed by atoms with Gasteiger partial charge in [-0.3, -0.25) is 9.88 Å². The predicted octanol–water partition coefficient (Wildman–Crippen LogP) is 5.63. The SMILES string of the molecule is CCc1c(F)ccc2cc(OCOC)cc(-c3ncc4c(N5CCC[C@@](C)(O)C5)nc(OC[C@@]56CC[C@H](CO)N5CC(C)C6)nc4c3F)c12. The van der Waals surface area contributed by atoms with Crippen LogP contribution < -0.4 is 14.4 Å². The third-order valence-electron chi connectivity index (χ3n) is 10.6. The molecule has 2 aromatic carbocycles. The van der Waals surface area contributed by atoms with E-state index in [1.54, 1.807) is 31.3 Å². The molecule has 10 nitrogen and oxygen atoms in total. The molecular weight excluding hydrogens is 632 g/mol. The van der Waals surface area contributed by atoms with Gasteiger partial charge in [-0.25, -0.2) is 8.78 Å². The van der Waals surface area contributed by atoms with E-state index in [0.717, 1.165) is 32.2 Å². The highest BCUT2D eigenvalue weighted by Crippen LogP contribution is 2.45. The van der Waals surface area contributed by atoms with Crippen LogP contribution in [-0.2, 0) is 11.2 Å². The molecule has 0 spiro atoms. The summed E-state index contributed by atoms with van der Waals surface area (Å²) in [6.45, 7) is 8.03. The second-order valence-corrected chi connectivity index (χ2v) is 14.4. The van der Waals surface area contributed by atoms with Crippen LogP contribution >= 0.6 is 0 Å². The molecule has 3 saturated heterocycles. The Bertz CT molecular complexity index is 1880. The fraction of sp³-hybridized carbons (Fsp3) is 0.541. The topological polar surface area (TPSA) is 113 Å². The number of methoxy groups -OCH3 is 1. The molecule has 5 heterocycles. The Morgan fingerprint density at radius 2 is 1.96 bits per heavy atom. The van der Waals surface area contributed by atoms with Gasteiger partial charge in [-0.2, -0.15) is 9.97 Å². The third kappa shape index (κ3) is 6.17. The van der Waals surface area contributed by atoms with Gasteiger partial charge in [-0.15, -0.1) is 0 Å². The quantitative estimate of drug-likeness (QED) is 0.205. The van der Waals surface area contributed by atoms with Gasteiger partial charge >= 0.3 is 6.01 Å². The van der Waals surface area contributed by atoms with Gasteiger partial charge in [0, 0.05) is 44.5 Å². The Hall–Kier alpha value is -3.71. The number of aryl methyl sites for hydroxylation is 1. The molecule has 0 bridgehead atoms. The van der Waals surface area contributed by atoms with Crippen molar-refractivity contribution in [1.29, 1.82) is 0 Å². The Morgan fingerprint density at radius 3 is 2.71 bits per heavy atom. The predicted molar refractivity (Wildman–Crippen MR) is 183 cm³/mol. The van der Waals surface area contributed by atoms with Crippen LogP contribution in [0.4, 0.5) is 14.6 Å². The molecule has 2 N–H and O–H groups in total. The number of anilines is 1. The van der Waals surface area contributed by atoms with E-state index < -0.39 is 11.4 Å². The molecule has 3 aliphatic rings. The average molecular weight is 678 g/mol. The number of hydrogen-bond donors (Lipinski definition) is 2. The normalized spacial score (nSPS) is 25.8. The molecule has 7 rings (SSSR count). The van der Waals surface area contributed by atoms with E-state index in [9.17, 15) is 10.2 Å². The molecule has 1 unspecified atom stereocenters. The van der Waals surface area contributed by atoms with Gasteiger partial charge in [-0.05, 0) is 85.9 Å². The summed E-state index contributed by atoms with van der Waals surface area (Å²) in [7, 11) is 1.51. The summed E-state index contributed by atoms with van der Waals surface area (Å²) in [6, 6.07) is 6.61. The number of benzene rings is 2. The molecule has 4 atom stereocenters. The minimum Gasteiger partial charge on any atom is -0.468 e. The van der Waals surface area contributed by atoms with Crippen molar-refractivity contribution in [2.75, 3.05) is 51.7 Å². The van der Waals surface area contributed by atoms with Gasteiger partial charge in [-0.1, -0.05) is 19.9 Å². The first kappa shape index (κ1) is 33.8. The highest BCUT2D eigenvalue weighted by atomic mass is 19.1. The van der Waals surface area contributed by atoms with Crippen LogP contribution in [0.1, 0.15) is 58.4 Å². The van der Waals surface area contributed by atoms with Crippen LogP contribution in [0.15, 0.2) is 30.5 Å². The molecule has 49 heavy (non-hydrogen) atoms. The number of piperidine rings is 1. The maximum Gasteiger partial charge on any atom is 0.319 e. The summed E-state index contributed by atoms with van der Waals surface area (Å²) < 4.78 is 49.6. The summed E-state index contributed by atoms with van der Waals surface area (Å²) in [5.41, 5.74) is -0.370. The van der Waals surface area contributed by atoms with Gasteiger partial charge in [0.05, 0.1) is 23.1 Å². The van der Waals surface area contributed by atoms with Gasteiger partial charge in [0.15, 0.2) is 12.6 Å². The number of halogens is 2. The zero-order valence-corrected chi connectivity index (χ0v) is 28.6. The van der Waals surface area contributed by atoms with Crippen LogP contribution in [0.5, 0.6) is 11.8 Å². The first-order valence-corrected chi connectivity index (χ1v) is 17.3. The van der Waals surface area contributed by atoms with Gasteiger partial charge in [0.1, 0.15) is 35.2 Å². The lowest BCUT2D eigenvalue weighted by atomic mass is 9.91. The zero-order chi connectivity index (χ0) is 34.5. The Kier molecular flexibility index (Phi) is 9.10. The molecule has 0 aliphatic carbocycles. The molecule has 3 aliphatic heterocycles. The standard InChI is InChI=1S/C37H45F2N5O5/c1-5-26-29(38)8-7-23-13-25(49-21-47-4)14-27(30(23)26)32-31(39)33-28(16-40-32)34(43-12-6-10-36(3,46)19-43)42-35(41-33)48-20-37-11-9-24(18-45)44(37)17-22(2)15-37/h7-8,13-14,16,22,24,45-46H,5-6,9-12,15,17-21H2,1-4H3/t22?,24-,36-,37+/m1/s1.